The minimum absolute atomic E-state index is 0.205. The van der Waals surface area contributed by atoms with E-state index in [1.54, 1.807) is 24.3 Å². The van der Waals surface area contributed by atoms with Crippen LogP contribution in [0.4, 0.5) is 11.5 Å². The van der Waals surface area contributed by atoms with Crippen LogP contribution in [0.5, 0.6) is 0 Å². The molecule has 1 aromatic heterocycles. The van der Waals surface area contributed by atoms with Gasteiger partial charge in [0.15, 0.2) is 11.5 Å². The average molecular weight is 328 g/mol. The molecule has 116 valence electrons. The van der Waals surface area contributed by atoms with Crippen molar-refractivity contribution in [2.24, 2.45) is 0 Å². The van der Waals surface area contributed by atoms with Gasteiger partial charge in [-0.25, -0.2) is 0 Å². The summed E-state index contributed by atoms with van der Waals surface area (Å²) < 4.78 is 0. The second-order valence-electron chi connectivity index (χ2n) is 4.82. The minimum atomic E-state index is -0.306. The van der Waals surface area contributed by atoms with Crippen LogP contribution in [0, 0.1) is 0 Å². The predicted molar refractivity (Wildman–Crippen MR) is 88.7 cm³/mol. The summed E-state index contributed by atoms with van der Waals surface area (Å²) in [5, 5.41) is 16.8. The van der Waals surface area contributed by atoms with Crippen LogP contribution in [0.1, 0.15) is 16.1 Å². The van der Waals surface area contributed by atoms with Crippen LogP contribution < -0.4 is 10.6 Å². The van der Waals surface area contributed by atoms with Gasteiger partial charge in [0.25, 0.3) is 5.91 Å². The maximum atomic E-state index is 12.2. The monoisotopic (exact) mass is 327 g/mol. The summed E-state index contributed by atoms with van der Waals surface area (Å²) in [6.07, 6.45) is 0. The van der Waals surface area contributed by atoms with Gasteiger partial charge in [0.1, 0.15) is 0 Å². The van der Waals surface area contributed by atoms with Crippen LogP contribution in [-0.4, -0.2) is 21.3 Å². The molecule has 0 bridgehead atoms. The first kappa shape index (κ1) is 15.1. The average Bonchev–Trinajstić information content (AvgIpc) is 3.04. The van der Waals surface area contributed by atoms with Crippen molar-refractivity contribution in [1.29, 1.82) is 0 Å². The summed E-state index contributed by atoms with van der Waals surface area (Å²) >= 11 is 5.85. The largest absolute Gasteiger partial charge is 0.346 e. The first-order chi connectivity index (χ1) is 11.2. The van der Waals surface area contributed by atoms with Gasteiger partial charge >= 0.3 is 0 Å². The zero-order chi connectivity index (χ0) is 16.1. The summed E-state index contributed by atoms with van der Waals surface area (Å²) in [5.74, 6) is 0.0527. The Morgan fingerprint density at radius 1 is 1.04 bits per heavy atom. The Morgan fingerprint density at radius 3 is 2.52 bits per heavy atom. The van der Waals surface area contributed by atoms with Gasteiger partial charge in [-0.15, -0.1) is 10.2 Å². The van der Waals surface area contributed by atoms with Gasteiger partial charge in [-0.1, -0.05) is 41.9 Å². The van der Waals surface area contributed by atoms with Crippen LogP contribution in [0.15, 0.2) is 54.6 Å². The van der Waals surface area contributed by atoms with Crippen LogP contribution in [-0.2, 0) is 6.54 Å². The Morgan fingerprint density at radius 2 is 1.78 bits per heavy atom. The van der Waals surface area contributed by atoms with Gasteiger partial charge in [-0.05, 0) is 29.8 Å². The van der Waals surface area contributed by atoms with Gasteiger partial charge in [0.2, 0.25) is 0 Å². The molecule has 3 aromatic rings. The van der Waals surface area contributed by atoms with Crippen LogP contribution >= 0.6 is 11.6 Å². The van der Waals surface area contributed by atoms with E-state index in [9.17, 15) is 4.79 Å². The van der Waals surface area contributed by atoms with Crippen LogP contribution in [0.3, 0.4) is 0 Å². The fourth-order valence-electron chi connectivity index (χ4n) is 2.01. The smallest absolute Gasteiger partial charge is 0.275 e. The lowest BCUT2D eigenvalue weighted by Gasteiger charge is -2.06. The van der Waals surface area contributed by atoms with Gasteiger partial charge in [0, 0.05) is 17.3 Å². The number of carbonyl (C=O) groups is 1. The first-order valence-corrected chi connectivity index (χ1v) is 7.35. The lowest BCUT2D eigenvalue weighted by atomic mass is 10.2. The molecular weight excluding hydrogens is 314 g/mol. The Bertz CT molecular complexity index is 786. The zero-order valence-electron chi connectivity index (χ0n) is 12.1. The number of nitrogens with zero attached hydrogens (tertiary/aromatic N) is 2. The molecule has 3 N–H and O–H groups in total. The molecule has 1 amide bonds. The number of benzene rings is 2. The molecule has 0 aliphatic rings. The molecule has 7 heteroatoms. The number of halogens is 1. The van der Waals surface area contributed by atoms with E-state index in [0.717, 1.165) is 11.3 Å². The normalized spacial score (nSPS) is 10.3. The minimum Gasteiger partial charge on any atom is -0.346 e. The van der Waals surface area contributed by atoms with Crippen molar-refractivity contribution in [1.82, 2.24) is 20.7 Å². The Kier molecular flexibility index (Phi) is 4.54. The van der Waals surface area contributed by atoms with Gasteiger partial charge in [-0.2, -0.15) is 5.21 Å². The van der Waals surface area contributed by atoms with E-state index in [4.69, 9.17) is 11.6 Å². The third kappa shape index (κ3) is 3.87. The highest BCUT2D eigenvalue weighted by molar-refractivity contribution is 6.30. The molecule has 23 heavy (non-hydrogen) atoms. The molecule has 0 atom stereocenters. The van der Waals surface area contributed by atoms with E-state index >= 15 is 0 Å². The SMILES string of the molecule is O=C(NCc1ccccc1)c1n[nH]nc1Nc1ccc(Cl)cc1. The lowest BCUT2D eigenvalue weighted by Crippen LogP contribution is -2.24. The van der Waals surface area contributed by atoms with E-state index in [2.05, 4.69) is 26.0 Å². The van der Waals surface area contributed by atoms with Gasteiger partial charge in [-0.3, -0.25) is 4.79 Å². The molecule has 1 heterocycles. The number of aromatic nitrogens is 3. The van der Waals surface area contributed by atoms with Crippen LogP contribution in [0.2, 0.25) is 5.02 Å². The van der Waals surface area contributed by atoms with E-state index < -0.39 is 0 Å². The van der Waals surface area contributed by atoms with Crippen molar-refractivity contribution in [2.75, 3.05) is 5.32 Å². The Hall–Kier alpha value is -2.86. The van der Waals surface area contributed by atoms with Gasteiger partial charge < -0.3 is 10.6 Å². The highest BCUT2D eigenvalue weighted by atomic mass is 35.5. The number of H-pyrrole nitrogens is 1. The molecule has 0 spiro atoms. The molecule has 0 unspecified atom stereocenters. The number of hydrogen-bond donors (Lipinski definition) is 3. The number of rotatable bonds is 5. The van der Waals surface area contributed by atoms with Crippen molar-refractivity contribution in [3.05, 3.63) is 70.9 Å². The lowest BCUT2D eigenvalue weighted by molar-refractivity contribution is 0.0946. The third-order valence-corrected chi connectivity index (χ3v) is 3.42. The third-order valence-electron chi connectivity index (χ3n) is 3.17. The van der Waals surface area contributed by atoms with Crippen molar-refractivity contribution < 1.29 is 4.79 Å². The van der Waals surface area contributed by atoms with Crippen molar-refractivity contribution in [2.45, 2.75) is 6.54 Å². The van der Waals surface area contributed by atoms with E-state index in [1.807, 2.05) is 30.3 Å². The maximum Gasteiger partial charge on any atom is 0.275 e. The topological polar surface area (TPSA) is 82.7 Å². The number of carbonyl (C=O) groups excluding carboxylic acids is 1. The van der Waals surface area contributed by atoms with E-state index in [1.165, 1.54) is 0 Å². The number of anilines is 2. The second-order valence-corrected chi connectivity index (χ2v) is 5.26. The fraction of sp³-hybridized carbons (Fsp3) is 0.0625. The Labute approximate surface area is 137 Å². The highest BCUT2D eigenvalue weighted by Crippen LogP contribution is 2.19. The highest BCUT2D eigenvalue weighted by Gasteiger charge is 2.16. The standard InChI is InChI=1S/C16H14ClN5O/c17-12-6-8-13(9-7-12)19-15-14(20-22-21-15)16(23)18-10-11-4-2-1-3-5-11/h1-9H,10H2,(H,18,23)(H2,19,20,21,22). The quantitative estimate of drug-likeness (QED) is 0.672. The molecule has 0 saturated carbocycles. The van der Waals surface area contributed by atoms with Gasteiger partial charge in [0.05, 0.1) is 0 Å². The molecule has 0 aliphatic heterocycles. The second kappa shape index (κ2) is 6.93. The zero-order valence-corrected chi connectivity index (χ0v) is 12.8. The first-order valence-electron chi connectivity index (χ1n) is 6.98. The molecule has 6 nitrogen and oxygen atoms in total. The number of nitrogens with one attached hydrogen (secondary N) is 3. The van der Waals surface area contributed by atoms with Crippen molar-refractivity contribution >= 4 is 29.0 Å². The van der Waals surface area contributed by atoms with E-state index in [-0.39, 0.29) is 11.6 Å². The Balaban J connectivity index is 1.67. The molecule has 2 aromatic carbocycles. The summed E-state index contributed by atoms with van der Waals surface area (Å²) in [7, 11) is 0. The van der Waals surface area contributed by atoms with Crippen molar-refractivity contribution in [3.63, 3.8) is 0 Å². The number of amides is 1. The summed E-state index contributed by atoms with van der Waals surface area (Å²) in [6, 6.07) is 16.7. The van der Waals surface area contributed by atoms with Crippen LogP contribution in [0.25, 0.3) is 0 Å². The molecule has 0 saturated heterocycles. The summed E-state index contributed by atoms with van der Waals surface area (Å²) in [6.45, 7) is 0.424. The maximum absolute atomic E-state index is 12.2. The summed E-state index contributed by atoms with van der Waals surface area (Å²) in [5.41, 5.74) is 1.98. The number of aromatic amines is 1. The number of hydrogen-bond acceptors (Lipinski definition) is 4. The molecule has 0 fully saturated rings. The molecular formula is C16H14ClN5O. The van der Waals surface area contributed by atoms with Crippen molar-refractivity contribution in [3.8, 4) is 0 Å². The molecule has 3 rings (SSSR count). The predicted octanol–water partition coefficient (Wildman–Crippen LogP) is 3.13. The fourth-order valence-corrected chi connectivity index (χ4v) is 2.13. The molecule has 0 radical (unpaired) electrons. The van der Waals surface area contributed by atoms with E-state index in [0.29, 0.717) is 17.4 Å². The summed E-state index contributed by atoms with van der Waals surface area (Å²) in [4.78, 5) is 12.2. The molecule has 0 aliphatic carbocycles.